The highest BCUT2D eigenvalue weighted by Crippen LogP contribution is 2.29. The maximum absolute atomic E-state index is 12.3. The van der Waals surface area contributed by atoms with E-state index >= 15 is 0 Å². The third-order valence-corrected chi connectivity index (χ3v) is 3.96. The van der Waals surface area contributed by atoms with Gasteiger partial charge in [-0.2, -0.15) is 8.78 Å². The van der Waals surface area contributed by atoms with E-state index in [1.54, 1.807) is 5.38 Å². The Labute approximate surface area is 155 Å². The Morgan fingerprint density at radius 1 is 1.22 bits per heavy atom. The number of benzene rings is 1. The smallest absolute Gasteiger partial charge is 0.387 e. The van der Waals surface area contributed by atoms with Crippen LogP contribution in [0.2, 0.25) is 0 Å². The van der Waals surface area contributed by atoms with Crippen molar-refractivity contribution < 1.29 is 37.4 Å². The highest BCUT2D eigenvalue weighted by molar-refractivity contribution is 7.14. The molecule has 0 radical (unpaired) electrons. The Kier molecular flexibility index (Phi) is 6.66. The molecule has 1 aromatic heterocycles. The van der Waals surface area contributed by atoms with Crippen LogP contribution in [0.4, 0.5) is 13.8 Å². The van der Waals surface area contributed by atoms with E-state index in [4.69, 9.17) is 15.2 Å². The zero-order chi connectivity index (χ0) is 20.0. The third-order valence-electron chi connectivity index (χ3n) is 3.13. The van der Waals surface area contributed by atoms with Gasteiger partial charge in [-0.3, -0.25) is 9.59 Å². The zero-order valence-electron chi connectivity index (χ0n) is 13.9. The number of alkyl halides is 2. The monoisotopic (exact) mass is 400 g/mol. The fraction of sp³-hybridized carbons (Fsp3) is 0.188. The van der Waals surface area contributed by atoms with E-state index in [9.17, 15) is 23.2 Å². The number of hydrogen-bond donors (Lipinski definition) is 2. The Hall–Kier alpha value is -3.21. The maximum Gasteiger partial charge on any atom is 0.387 e. The van der Waals surface area contributed by atoms with Gasteiger partial charge in [-0.1, -0.05) is 0 Å². The van der Waals surface area contributed by atoms with Gasteiger partial charge in [0.1, 0.15) is 5.00 Å². The molecule has 0 aliphatic heterocycles. The van der Waals surface area contributed by atoms with Crippen molar-refractivity contribution in [3.05, 3.63) is 40.8 Å². The lowest BCUT2D eigenvalue weighted by atomic mass is 10.2. The summed E-state index contributed by atoms with van der Waals surface area (Å²) < 4.78 is 38.6. The summed E-state index contributed by atoms with van der Waals surface area (Å²) in [6.45, 7) is -3.69. The summed E-state index contributed by atoms with van der Waals surface area (Å²) >= 11 is 1.08. The van der Waals surface area contributed by atoms with Gasteiger partial charge in [0.15, 0.2) is 18.1 Å². The van der Waals surface area contributed by atoms with Crippen LogP contribution in [-0.4, -0.2) is 38.1 Å². The number of nitrogens with one attached hydrogen (secondary N) is 1. The molecule has 2 rings (SSSR count). The molecule has 11 heteroatoms. The van der Waals surface area contributed by atoms with Crippen molar-refractivity contribution in [1.82, 2.24) is 0 Å². The number of primary amides is 1. The summed E-state index contributed by atoms with van der Waals surface area (Å²) in [6.07, 6.45) is 0. The minimum atomic E-state index is -3.05. The molecule has 0 fully saturated rings. The number of anilines is 1. The number of esters is 1. The molecule has 0 unspecified atom stereocenters. The van der Waals surface area contributed by atoms with Crippen LogP contribution >= 0.6 is 11.3 Å². The first-order valence-corrected chi connectivity index (χ1v) is 8.17. The topological polar surface area (TPSA) is 117 Å². The normalized spacial score (nSPS) is 10.4. The summed E-state index contributed by atoms with van der Waals surface area (Å²) in [5.74, 6) is -2.62. The molecule has 0 aliphatic carbocycles. The second-order valence-corrected chi connectivity index (χ2v) is 5.81. The molecule has 0 atom stereocenters. The Morgan fingerprint density at radius 3 is 2.59 bits per heavy atom. The quantitative estimate of drug-likeness (QED) is 0.657. The molecule has 0 saturated carbocycles. The van der Waals surface area contributed by atoms with E-state index in [0.29, 0.717) is 0 Å². The Balaban J connectivity index is 1.97. The fourth-order valence-electron chi connectivity index (χ4n) is 1.97. The van der Waals surface area contributed by atoms with E-state index < -0.39 is 31.0 Å². The number of ether oxygens (including phenoxy) is 3. The SMILES string of the molecule is COc1cc(C(=O)OCC(=O)Nc2sccc2C(N)=O)ccc1OC(F)F. The lowest BCUT2D eigenvalue weighted by molar-refractivity contribution is -0.119. The number of nitrogens with two attached hydrogens (primary N) is 1. The molecular weight excluding hydrogens is 386 g/mol. The number of carbonyl (C=O) groups excluding carboxylic acids is 3. The number of hydrogen-bond acceptors (Lipinski definition) is 7. The Morgan fingerprint density at radius 2 is 1.96 bits per heavy atom. The number of methoxy groups -OCH3 is 1. The van der Waals surface area contributed by atoms with Crippen molar-refractivity contribution >= 4 is 34.1 Å². The van der Waals surface area contributed by atoms with Crippen molar-refractivity contribution in [2.75, 3.05) is 19.0 Å². The molecule has 0 aliphatic rings. The van der Waals surface area contributed by atoms with Crippen LogP contribution < -0.4 is 20.5 Å². The van der Waals surface area contributed by atoms with Crippen LogP contribution in [0.15, 0.2) is 29.6 Å². The van der Waals surface area contributed by atoms with E-state index in [1.165, 1.54) is 19.2 Å². The first-order chi connectivity index (χ1) is 12.8. The van der Waals surface area contributed by atoms with Gasteiger partial charge in [0.25, 0.3) is 11.8 Å². The molecule has 1 heterocycles. The van der Waals surface area contributed by atoms with Crippen LogP contribution in [0.25, 0.3) is 0 Å². The van der Waals surface area contributed by atoms with E-state index in [2.05, 4.69) is 10.1 Å². The van der Waals surface area contributed by atoms with E-state index in [0.717, 1.165) is 23.5 Å². The highest BCUT2D eigenvalue weighted by atomic mass is 32.1. The van der Waals surface area contributed by atoms with Crippen LogP contribution in [0.1, 0.15) is 20.7 Å². The van der Waals surface area contributed by atoms with Crippen LogP contribution in [0, 0.1) is 0 Å². The maximum atomic E-state index is 12.3. The molecular formula is C16H14F2N2O6S. The van der Waals surface area contributed by atoms with Crippen LogP contribution in [0.5, 0.6) is 11.5 Å². The van der Waals surface area contributed by atoms with Gasteiger partial charge in [-0.25, -0.2) is 4.79 Å². The van der Waals surface area contributed by atoms with Crippen LogP contribution in [0.3, 0.4) is 0 Å². The minimum Gasteiger partial charge on any atom is -0.493 e. The van der Waals surface area contributed by atoms with Crippen molar-refractivity contribution in [2.24, 2.45) is 5.73 Å². The predicted octanol–water partition coefficient (Wildman–Crippen LogP) is 2.25. The average Bonchev–Trinajstić information content (AvgIpc) is 3.07. The molecule has 27 heavy (non-hydrogen) atoms. The summed E-state index contributed by atoms with van der Waals surface area (Å²) in [4.78, 5) is 35.1. The number of rotatable bonds is 8. The van der Waals surface area contributed by atoms with Gasteiger partial charge in [0, 0.05) is 0 Å². The molecule has 8 nitrogen and oxygen atoms in total. The van der Waals surface area contributed by atoms with Gasteiger partial charge < -0.3 is 25.3 Å². The first kappa shape index (κ1) is 20.1. The number of halogens is 2. The number of amides is 2. The molecule has 1 aromatic carbocycles. The van der Waals surface area contributed by atoms with Gasteiger partial charge >= 0.3 is 12.6 Å². The lowest BCUT2D eigenvalue weighted by Gasteiger charge is -2.11. The average molecular weight is 400 g/mol. The molecule has 2 aromatic rings. The molecule has 0 saturated heterocycles. The van der Waals surface area contributed by atoms with Gasteiger partial charge in [0.2, 0.25) is 0 Å². The summed E-state index contributed by atoms with van der Waals surface area (Å²) in [5, 5.41) is 4.21. The van der Waals surface area contributed by atoms with Crippen molar-refractivity contribution in [3.8, 4) is 11.5 Å². The first-order valence-electron chi connectivity index (χ1n) is 7.29. The van der Waals surface area contributed by atoms with Crippen molar-refractivity contribution in [2.45, 2.75) is 6.61 Å². The Bertz CT molecular complexity index is 855. The van der Waals surface area contributed by atoms with Gasteiger partial charge in [-0.05, 0) is 29.6 Å². The van der Waals surface area contributed by atoms with Gasteiger partial charge in [-0.15, -0.1) is 11.3 Å². The van der Waals surface area contributed by atoms with Crippen molar-refractivity contribution in [3.63, 3.8) is 0 Å². The predicted molar refractivity (Wildman–Crippen MR) is 91.4 cm³/mol. The molecule has 0 bridgehead atoms. The summed E-state index contributed by atoms with van der Waals surface area (Å²) in [6, 6.07) is 4.89. The van der Waals surface area contributed by atoms with Crippen molar-refractivity contribution in [1.29, 1.82) is 0 Å². The summed E-state index contributed by atoms with van der Waals surface area (Å²) in [7, 11) is 1.22. The standard InChI is InChI=1S/C16H14F2N2O6S/c1-24-11-6-8(2-3-10(11)26-16(17)18)15(23)25-7-12(21)20-14-9(13(19)22)4-5-27-14/h2-6,16H,7H2,1H3,(H2,19,22)(H,20,21). The second kappa shape index (κ2) is 8.94. The van der Waals surface area contributed by atoms with Gasteiger partial charge in [0.05, 0.1) is 18.2 Å². The highest BCUT2D eigenvalue weighted by Gasteiger charge is 2.17. The molecule has 2 amide bonds. The minimum absolute atomic E-state index is 0.0322. The van der Waals surface area contributed by atoms with E-state index in [-0.39, 0.29) is 27.6 Å². The van der Waals surface area contributed by atoms with Crippen LogP contribution in [-0.2, 0) is 9.53 Å². The lowest BCUT2D eigenvalue weighted by Crippen LogP contribution is -2.22. The number of carbonyl (C=O) groups is 3. The largest absolute Gasteiger partial charge is 0.493 e. The molecule has 3 N–H and O–H groups in total. The molecule has 144 valence electrons. The molecule has 0 spiro atoms. The third kappa shape index (κ3) is 5.38. The van der Waals surface area contributed by atoms with E-state index in [1.807, 2.05) is 0 Å². The zero-order valence-corrected chi connectivity index (χ0v) is 14.7. The fourth-order valence-corrected chi connectivity index (χ4v) is 2.77. The summed E-state index contributed by atoms with van der Waals surface area (Å²) in [5.41, 5.74) is 5.27. The number of thiophene rings is 1. The second-order valence-electron chi connectivity index (χ2n) is 4.90.